The minimum atomic E-state index is -0.0170. The number of anilines is 3. The molecule has 5 nitrogen and oxygen atoms in total. The number of carbonyl (C=O) groups is 1. The average molecular weight is 530 g/mol. The van der Waals surface area contributed by atoms with Gasteiger partial charge < -0.3 is 10.6 Å². The second kappa shape index (κ2) is 11.9. The van der Waals surface area contributed by atoms with Crippen LogP contribution in [0, 0.1) is 0 Å². The van der Waals surface area contributed by atoms with Gasteiger partial charge in [-0.25, -0.2) is 4.98 Å². The molecule has 0 spiro atoms. The van der Waals surface area contributed by atoms with Crippen molar-refractivity contribution in [3.05, 3.63) is 87.0 Å². The first-order chi connectivity index (χ1) is 16.9. The number of nitrogens with one attached hydrogen (secondary N) is 2. The molecule has 1 aliphatic carbocycles. The van der Waals surface area contributed by atoms with Crippen molar-refractivity contribution in [1.29, 1.82) is 0 Å². The fourth-order valence-corrected chi connectivity index (χ4v) is 5.38. The van der Waals surface area contributed by atoms with Crippen LogP contribution in [-0.4, -0.2) is 15.8 Å². The van der Waals surface area contributed by atoms with Gasteiger partial charge in [0.15, 0.2) is 11.6 Å². The van der Waals surface area contributed by atoms with E-state index in [0.717, 1.165) is 29.5 Å². The summed E-state index contributed by atoms with van der Waals surface area (Å²) in [5.41, 5.74) is 3.68. The summed E-state index contributed by atoms with van der Waals surface area (Å²) < 4.78 is 0. The molecule has 1 aliphatic rings. The number of benzene rings is 2. The number of hydrogen-bond acceptors (Lipinski definition) is 5. The maximum Gasteiger partial charge on any atom is 0.229 e. The highest BCUT2D eigenvalue weighted by Gasteiger charge is 2.21. The summed E-state index contributed by atoms with van der Waals surface area (Å²) in [5.74, 6) is 1.26. The van der Waals surface area contributed by atoms with E-state index in [0.29, 0.717) is 51.4 Å². The van der Waals surface area contributed by atoms with Crippen LogP contribution in [0.4, 0.5) is 17.5 Å². The lowest BCUT2D eigenvalue weighted by Gasteiger charge is -2.24. The Kier molecular flexibility index (Phi) is 8.66. The van der Waals surface area contributed by atoms with Crippen LogP contribution >= 0.6 is 34.8 Å². The van der Waals surface area contributed by atoms with E-state index in [9.17, 15) is 4.79 Å². The van der Waals surface area contributed by atoms with Crippen molar-refractivity contribution >= 4 is 58.0 Å². The predicted molar refractivity (Wildman–Crippen MR) is 145 cm³/mol. The van der Waals surface area contributed by atoms with Gasteiger partial charge in [-0.2, -0.15) is 4.98 Å². The summed E-state index contributed by atoms with van der Waals surface area (Å²) in [6, 6.07) is 11.5. The monoisotopic (exact) mass is 528 g/mol. The molecular formula is C27H27Cl3N4O. The molecule has 0 aliphatic heterocycles. The molecule has 2 N–H and O–H groups in total. The van der Waals surface area contributed by atoms with Crippen LogP contribution in [-0.2, 0) is 17.8 Å². The van der Waals surface area contributed by atoms with Crippen molar-refractivity contribution in [2.45, 2.75) is 51.0 Å². The second-order valence-electron chi connectivity index (χ2n) is 8.72. The molecule has 0 unspecified atom stereocenters. The third-order valence-electron chi connectivity index (χ3n) is 6.15. The number of carbonyl (C=O) groups excluding carboxylic acids is 1. The number of allylic oxidation sites excluding steroid dienone is 1. The van der Waals surface area contributed by atoms with E-state index in [1.165, 1.54) is 31.5 Å². The molecule has 0 saturated heterocycles. The minimum Gasteiger partial charge on any atom is -0.365 e. The quantitative estimate of drug-likeness (QED) is 0.274. The maximum absolute atomic E-state index is 11.7. The zero-order chi connectivity index (χ0) is 24.8. The van der Waals surface area contributed by atoms with E-state index < -0.39 is 0 Å². The van der Waals surface area contributed by atoms with Crippen LogP contribution in [0.3, 0.4) is 0 Å². The molecule has 1 fully saturated rings. The summed E-state index contributed by atoms with van der Waals surface area (Å²) in [6.45, 7) is 4.01. The molecule has 0 radical (unpaired) electrons. The Bertz CT molecular complexity index is 1200. The van der Waals surface area contributed by atoms with Crippen LogP contribution in [0.5, 0.6) is 0 Å². The fraction of sp³-hybridized carbons (Fsp3) is 0.296. The maximum atomic E-state index is 11.7. The Morgan fingerprint density at radius 2 is 1.74 bits per heavy atom. The highest BCUT2D eigenvalue weighted by Crippen LogP contribution is 2.41. The first-order valence-electron chi connectivity index (χ1n) is 11.7. The highest BCUT2D eigenvalue weighted by atomic mass is 35.5. The van der Waals surface area contributed by atoms with Crippen LogP contribution in [0.1, 0.15) is 54.7 Å². The zero-order valence-corrected chi connectivity index (χ0v) is 21.6. The number of ketones is 1. The van der Waals surface area contributed by atoms with Gasteiger partial charge in [0.1, 0.15) is 5.02 Å². The van der Waals surface area contributed by atoms with Crippen LogP contribution in [0.15, 0.2) is 55.3 Å². The first-order valence-corrected chi connectivity index (χ1v) is 12.8. The van der Waals surface area contributed by atoms with E-state index in [4.69, 9.17) is 34.8 Å². The van der Waals surface area contributed by atoms with E-state index >= 15 is 0 Å². The Morgan fingerprint density at radius 3 is 2.46 bits per heavy atom. The third kappa shape index (κ3) is 6.75. The smallest absolute Gasteiger partial charge is 0.229 e. The standard InChI is InChI=1S/C27H27Cl3N4O/c1-2-21(35)12-17-7-6-8-18(11-17)15-31-26-24(30)16-32-27(34-26)33-20-13-22(28)25(23(29)14-20)19-9-4-3-5-10-19/h2,6-8,11,13-14,16,19H,1,3-5,9-10,12,15H2,(H2,31,32,33,34). The van der Waals surface area contributed by atoms with Gasteiger partial charge in [-0.05, 0) is 53.7 Å². The fourth-order valence-electron chi connectivity index (χ4n) is 4.43. The number of aromatic nitrogens is 2. The van der Waals surface area contributed by atoms with E-state index in [-0.39, 0.29) is 5.78 Å². The van der Waals surface area contributed by atoms with Crippen molar-refractivity contribution in [3.63, 3.8) is 0 Å². The largest absolute Gasteiger partial charge is 0.365 e. The molecule has 1 heterocycles. The van der Waals surface area contributed by atoms with Crippen LogP contribution < -0.4 is 10.6 Å². The molecule has 3 aromatic rings. The SMILES string of the molecule is C=CC(=O)Cc1cccc(CNc2nc(Nc3cc(Cl)c(C4CCCCC4)c(Cl)c3)ncc2Cl)c1. The second-order valence-corrected chi connectivity index (χ2v) is 9.95. The van der Waals surface area contributed by atoms with Gasteiger partial charge in [0.05, 0.1) is 6.20 Å². The summed E-state index contributed by atoms with van der Waals surface area (Å²) >= 11 is 19.6. The topological polar surface area (TPSA) is 66.9 Å². The molecular weight excluding hydrogens is 503 g/mol. The predicted octanol–water partition coefficient (Wildman–Crippen LogP) is 8.14. The van der Waals surface area contributed by atoms with Gasteiger partial charge >= 0.3 is 0 Å². The van der Waals surface area contributed by atoms with Crippen molar-refractivity contribution < 1.29 is 4.79 Å². The molecule has 2 aromatic carbocycles. The van der Waals surface area contributed by atoms with Gasteiger partial charge in [0.2, 0.25) is 5.95 Å². The summed E-state index contributed by atoms with van der Waals surface area (Å²) in [5, 5.41) is 8.15. The molecule has 1 aromatic heterocycles. The molecule has 182 valence electrons. The highest BCUT2D eigenvalue weighted by molar-refractivity contribution is 6.36. The van der Waals surface area contributed by atoms with Gasteiger partial charge in [0.25, 0.3) is 0 Å². The van der Waals surface area contributed by atoms with E-state index in [1.807, 2.05) is 36.4 Å². The van der Waals surface area contributed by atoms with Crippen molar-refractivity contribution in [2.75, 3.05) is 10.6 Å². The first kappa shape index (κ1) is 25.5. The molecule has 4 rings (SSSR count). The van der Waals surface area contributed by atoms with Crippen LogP contribution in [0.25, 0.3) is 0 Å². The van der Waals surface area contributed by atoms with E-state index in [1.54, 1.807) is 0 Å². The normalized spacial score (nSPS) is 13.9. The number of rotatable bonds is 9. The van der Waals surface area contributed by atoms with Crippen molar-refractivity contribution in [3.8, 4) is 0 Å². The van der Waals surface area contributed by atoms with Gasteiger partial charge in [-0.15, -0.1) is 0 Å². The number of nitrogens with zero attached hydrogens (tertiary/aromatic N) is 2. The molecule has 8 heteroatoms. The van der Waals surface area contributed by atoms with Crippen molar-refractivity contribution in [2.24, 2.45) is 0 Å². The Morgan fingerprint density at radius 1 is 1.03 bits per heavy atom. The lowest BCUT2D eigenvalue weighted by Crippen LogP contribution is -2.07. The average Bonchev–Trinajstić information content (AvgIpc) is 2.85. The third-order valence-corrected chi connectivity index (χ3v) is 7.05. The summed E-state index contributed by atoms with van der Waals surface area (Å²) in [7, 11) is 0. The number of halogens is 3. The van der Waals surface area contributed by atoms with Gasteiger partial charge in [-0.3, -0.25) is 4.79 Å². The number of hydrogen-bond donors (Lipinski definition) is 2. The Hall–Kier alpha value is -2.60. The van der Waals surface area contributed by atoms with Crippen molar-refractivity contribution in [1.82, 2.24) is 9.97 Å². The van der Waals surface area contributed by atoms with Gasteiger partial charge in [0, 0.05) is 28.7 Å². The molecule has 35 heavy (non-hydrogen) atoms. The molecule has 0 bridgehead atoms. The summed E-state index contributed by atoms with van der Waals surface area (Å²) in [4.78, 5) is 20.5. The molecule has 1 saturated carbocycles. The lowest BCUT2D eigenvalue weighted by molar-refractivity contribution is -0.114. The lowest BCUT2D eigenvalue weighted by atomic mass is 9.84. The molecule has 0 amide bonds. The Labute approximate surface area is 220 Å². The zero-order valence-electron chi connectivity index (χ0n) is 19.3. The Balaban J connectivity index is 1.45. The summed E-state index contributed by atoms with van der Waals surface area (Å²) in [6.07, 6.45) is 9.14. The van der Waals surface area contributed by atoms with E-state index in [2.05, 4.69) is 27.2 Å². The minimum absolute atomic E-state index is 0.0170. The van der Waals surface area contributed by atoms with Crippen LogP contribution in [0.2, 0.25) is 15.1 Å². The van der Waals surface area contributed by atoms with Gasteiger partial charge in [-0.1, -0.05) is 84.9 Å². The molecule has 0 atom stereocenters.